The van der Waals surface area contributed by atoms with Crippen molar-refractivity contribution < 1.29 is 9.59 Å². The fourth-order valence-electron chi connectivity index (χ4n) is 2.32. The Morgan fingerprint density at radius 3 is 2.68 bits per heavy atom. The number of nitrogens with zero attached hydrogens (tertiary/aromatic N) is 2. The van der Waals surface area contributed by atoms with Crippen LogP contribution in [0.5, 0.6) is 0 Å². The van der Waals surface area contributed by atoms with E-state index in [1.54, 1.807) is 53.7 Å². The van der Waals surface area contributed by atoms with E-state index >= 15 is 0 Å². The minimum Gasteiger partial charge on any atom is -0.326 e. The maximum absolute atomic E-state index is 12.1. The first-order valence-corrected chi connectivity index (χ1v) is 9.58. The van der Waals surface area contributed by atoms with Gasteiger partial charge in [0.15, 0.2) is 5.78 Å². The lowest BCUT2D eigenvalue weighted by Gasteiger charge is -2.06. The molecule has 0 fully saturated rings. The number of anilines is 1. The number of hydrogen-bond donors (Lipinski definition) is 1. The second-order valence-electron chi connectivity index (χ2n) is 5.53. The number of carbonyl (C=O) groups excluding carboxylic acids is 2. The van der Waals surface area contributed by atoms with E-state index in [0.29, 0.717) is 23.4 Å². The Kier molecular flexibility index (Phi) is 5.45. The number of Topliss-reactive ketones (excluding diaryl/α,β-unsaturated/α-hetero) is 1. The van der Waals surface area contributed by atoms with Crippen molar-refractivity contribution in [2.45, 2.75) is 25.3 Å². The number of hydrogen-bond acceptors (Lipinski definition) is 6. The van der Waals surface area contributed by atoms with Crippen LogP contribution in [-0.2, 0) is 4.79 Å². The van der Waals surface area contributed by atoms with Crippen LogP contribution in [0.2, 0.25) is 0 Å². The monoisotopic (exact) mass is 371 g/mol. The Hall–Kier alpha value is -2.25. The number of rotatable bonds is 6. The maximum Gasteiger partial charge on any atom is 0.225 e. The van der Waals surface area contributed by atoms with E-state index < -0.39 is 0 Å². The average Bonchev–Trinajstić information content (AvgIpc) is 2.96. The van der Waals surface area contributed by atoms with E-state index in [2.05, 4.69) is 21.4 Å². The first kappa shape index (κ1) is 17.6. The lowest BCUT2D eigenvalue weighted by molar-refractivity contribution is -0.115. The smallest absolute Gasteiger partial charge is 0.225 e. The van der Waals surface area contributed by atoms with Gasteiger partial charge in [0.25, 0.3) is 0 Å². The second-order valence-corrected chi connectivity index (χ2v) is 7.85. The summed E-state index contributed by atoms with van der Waals surface area (Å²) in [7, 11) is 0. The summed E-state index contributed by atoms with van der Waals surface area (Å²) >= 11 is 3.20. The summed E-state index contributed by atoms with van der Waals surface area (Å²) in [5.74, 6) is 0.585. The van der Waals surface area contributed by atoms with Crippen LogP contribution in [0.3, 0.4) is 0 Å². The summed E-state index contributed by atoms with van der Waals surface area (Å²) < 4.78 is 0. The number of aromatic nitrogens is 2. The molecule has 7 heteroatoms. The van der Waals surface area contributed by atoms with E-state index in [-0.39, 0.29) is 11.7 Å². The SMILES string of the molecule is CC(=O)c1ccc(NC(=O)CCSc2ncnc3sc(C)cc23)cc1. The number of ketones is 1. The third-order valence-corrected chi connectivity index (χ3v) is 5.52. The zero-order valence-corrected chi connectivity index (χ0v) is 15.5. The van der Waals surface area contributed by atoms with Crippen LogP contribution in [0, 0.1) is 6.92 Å². The van der Waals surface area contributed by atoms with Gasteiger partial charge in [-0.25, -0.2) is 9.97 Å². The lowest BCUT2D eigenvalue weighted by Crippen LogP contribution is -2.12. The summed E-state index contributed by atoms with van der Waals surface area (Å²) in [6.07, 6.45) is 1.95. The molecule has 0 bridgehead atoms. The summed E-state index contributed by atoms with van der Waals surface area (Å²) in [4.78, 5) is 34.1. The van der Waals surface area contributed by atoms with Crippen molar-refractivity contribution in [1.29, 1.82) is 0 Å². The van der Waals surface area contributed by atoms with Crippen molar-refractivity contribution in [2.24, 2.45) is 0 Å². The van der Waals surface area contributed by atoms with Gasteiger partial charge in [-0.2, -0.15) is 0 Å². The number of carbonyl (C=O) groups is 2. The average molecular weight is 371 g/mol. The van der Waals surface area contributed by atoms with Crippen LogP contribution in [0.15, 0.2) is 41.7 Å². The minimum absolute atomic E-state index is 0.00843. The number of thioether (sulfide) groups is 1. The van der Waals surface area contributed by atoms with Crippen LogP contribution < -0.4 is 5.32 Å². The van der Waals surface area contributed by atoms with E-state index in [4.69, 9.17) is 0 Å². The predicted molar refractivity (Wildman–Crippen MR) is 103 cm³/mol. The van der Waals surface area contributed by atoms with Crippen LogP contribution >= 0.6 is 23.1 Å². The van der Waals surface area contributed by atoms with Gasteiger partial charge in [-0.1, -0.05) is 0 Å². The molecule has 0 aliphatic heterocycles. The number of thiophene rings is 1. The third-order valence-electron chi connectivity index (χ3n) is 3.56. The zero-order chi connectivity index (χ0) is 17.8. The fraction of sp³-hybridized carbons (Fsp3) is 0.222. The molecule has 0 aliphatic rings. The molecule has 1 aromatic carbocycles. The molecule has 0 unspecified atom stereocenters. The molecule has 0 radical (unpaired) electrons. The Bertz CT molecular complexity index is 920. The van der Waals surface area contributed by atoms with Crippen molar-refractivity contribution in [3.05, 3.63) is 47.1 Å². The number of amides is 1. The molecule has 0 atom stereocenters. The third kappa shape index (κ3) is 4.43. The van der Waals surface area contributed by atoms with Crippen molar-refractivity contribution in [2.75, 3.05) is 11.1 Å². The molecule has 2 heterocycles. The van der Waals surface area contributed by atoms with Crippen LogP contribution in [0.1, 0.15) is 28.6 Å². The topological polar surface area (TPSA) is 72.0 Å². The molecule has 0 saturated carbocycles. The summed E-state index contributed by atoms with van der Waals surface area (Å²) in [6, 6.07) is 8.99. The molecular formula is C18H17N3O2S2. The summed E-state index contributed by atoms with van der Waals surface area (Å²) in [6.45, 7) is 3.56. The molecule has 25 heavy (non-hydrogen) atoms. The van der Waals surface area contributed by atoms with Gasteiger partial charge >= 0.3 is 0 Å². The van der Waals surface area contributed by atoms with E-state index in [1.165, 1.54) is 11.8 Å². The normalized spacial score (nSPS) is 10.8. The van der Waals surface area contributed by atoms with Crippen LogP contribution in [0.4, 0.5) is 5.69 Å². The van der Waals surface area contributed by atoms with E-state index in [9.17, 15) is 9.59 Å². The molecule has 5 nitrogen and oxygen atoms in total. The Labute approximate surface area is 153 Å². The van der Waals surface area contributed by atoms with Gasteiger partial charge in [-0.3, -0.25) is 9.59 Å². The van der Waals surface area contributed by atoms with Gasteiger partial charge in [0, 0.05) is 33.7 Å². The van der Waals surface area contributed by atoms with Crippen LogP contribution in [-0.4, -0.2) is 27.4 Å². The van der Waals surface area contributed by atoms with Gasteiger partial charge in [0.05, 0.1) is 0 Å². The van der Waals surface area contributed by atoms with Crippen molar-refractivity contribution in [3.8, 4) is 0 Å². The summed E-state index contributed by atoms with van der Waals surface area (Å²) in [5.41, 5.74) is 1.32. The van der Waals surface area contributed by atoms with E-state index in [0.717, 1.165) is 15.2 Å². The van der Waals surface area contributed by atoms with Gasteiger partial charge in [-0.15, -0.1) is 23.1 Å². The Morgan fingerprint density at radius 1 is 1.20 bits per heavy atom. The molecule has 0 aliphatic carbocycles. The van der Waals surface area contributed by atoms with Gasteiger partial charge in [0.2, 0.25) is 5.91 Å². The first-order chi connectivity index (χ1) is 12.0. The zero-order valence-electron chi connectivity index (χ0n) is 13.9. The largest absolute Gasteiger partial charge is 0.326 e. The molecule has 128 valence electrons. The molecule has 3 rings (SSSR count). The molecule has 2 aromatic heterocycles. The van der Waals surface area contributed by atoms with Crippen molar-refractivity contribution >= 4 is 50.7 Å². The van der Waals surface area contributed by atoms with E-state index in [1.807, 2.05) is 6.92 Å². The standard InChI is InChI=1S/C18H17N3O2S2/c1-11-9-15-17(19-10-20-18(15)25-11)24-8-7-16(23)21-14-5-3-13(4-6-14)12(2)22/h3-6,9-10H,7-8H2,1-2H3,(H,21,23). The highest BCUT2D eigenvalue weighted by molar-refractivity contribution is 7.99. The van der Waals surface area contributed by atoms with Crippen LogP contribution in [0.25, 0.3) is 10.2 Å². The molecule has 0 saturated heterocycles. The molecule has 3 aromatic rings. The molecule has 1 N–H and O–H groups in total. The number of benzene rings is 1. The highest BCUT2D eigenvalue weighted by Crippen LogP contribution is 2.30. The molecular weight excluding hydrogens is 354 g/mol. The van der Waals surface area contributed by atoms with Crippen molar-refractivity contribution in [1.82, 2.24) is 9.97 Å². The number of nitrogens with one attached hydrogen (secondary N) is 1. The molecule has 1 amide bonds. The first-order valence-electron chi connectivity index (χ1n) is 7.78. The molecule has 0 spiro atoms. The van der Waals surface area contributed by atoms with Gasteiger partial charge in [-0.05, 0) is 44.2 Å². The second kappa shape index (κ2) is 7.76. The fourth-order valence-corrected chi connectivity index (χ4v) is 4.15. The highest BCUT2D eigenvalue weighted by atomic mass is 32.2. The number of aryl methyl sites for hydroxylation is 1. The maximum atomic E-state index is 12.1. The highest BCUT2D eigenvalue weighted by Gasteiger charge is 2.09. The van der Waals surface area contributed by atoms with Gasteiger partial charge in [0.1, 0.15) is 16.2 Å². The van der Waals surface area contributed by atoms with Crippen molar-refractivity contribution in [3.63, 3.8) is 0 Å². The quantitative estimate of drug-likeness (QED) is 0.397. The Balaban J connectivity index is 1.54. The predicted octanol–water partition coefficient (Wildman–Crippen LogP) is 4.32. The minimum atomic E-state index is -0.0603. The van der Waals surface area contributed by atoms with Gasteiger partial charge < -0.3 is 5.32 Å². The summed E-state index contributed by atoms with van der Waals surface area (Å²) in [5, 5.41) is 4.80. The lowest BCUT2D eigenvalue weighted by atomic mass is 10.1. The number of fused-ring (bicyclic) bond motifs is 1. The Morgan fingerprint density at radius 2 is 1.96 bits per heavy atom.